The van der Waals surface area contributed by atoms with Crippen molar-refractivity contribution >= 4 is 17.7 Å². The second-order valence-corrected chi connectivity index (χ2v) is 15.1. The van der Waals surface area contributed by atoms with E-state index in [4.69, 9.17) is 9.47 Å². The van der Waals surface area contributed by atoms with E-state index in [0.29, 0.717) is 38.5 Å². The number of carbonyl (C=O) groups excluding carboxylic acids is 3. The summed E-state index contributed by atoms with van der Waals surface area (Å²) >= 11 is 0. The number of allylic oxidation sites excluding steroid dienone is 8. The van der Waals surface area contributed by atoms with Gasteiger partial charge in [0.15, 0.2) is 0 Å². The van der Waals surface area contributed by atoms with Crippen molar-refractivity contribution in [3.63, 3.8) is 0 Å². The monoisotopic (exact) mass is 712 g/mol. The van der Waals surface area contributed by atoms with E-state index in [1.165, 1.54) is 6.08 Å². The molecule has 8 unspecified atom stereocenters. The third-order valence-electron chi connectivity index (χ3n) is 9.38. The van der Waals surface area contributed by atoms with Gasteiger partial charge in [0.25, 0.3) is 0 Å². The van der Waals surface area contributed by atoms with Crippen LogP contribution in [-0.2, 0) is 23.9 Å². The SMILES string of the molecule is CCC(=O)CC(O)CC=C(C)C=C(C)C=C(C)C=CC(=O)OC1CCCC(=O)OC(C(C)CC(C)=CC(C)C(O)CC(C)O)CC=C(C)CC1C. The van der Waals surface area contributed by atoms with E-state index >= 15 is 0 Å². The maximum Gasteiger partial charge on any atom is 0.331 e. The lowest BCUT2D eigenvalue weighted by Crippen LogP contribution is -2.28. The first-order valence-electron chi connectivity index (χ1n) is 18.9. The maximum atomic E-state index is 12.9. The summed E-state index contributed by atoms with van der Waals surface area (Å²) in [6.07, 6.45) is 15.6. The Bertz CT molecular complexity index is 1300. The fourth-order valence-corrected chi connectivity index (χ4v) is 6.47. The summed E-state index contributed by atoms with van der Waals surface area (Å²) in [7, 11) is 0. The van der Waals surface area contributed by atoms with E-state index in [-0.39, 0.29) is 54.6 Å². The van der Waals surface area contributed by atoms with E-state index in [9.17, 15) is 29.7 Å². The molecular formula is C43H68O8. The fraction of sp³-hybridized carbons (Fsp3) is 0.651. The van der Waals surface area contributed by atoms with Crippen molar-refractivity contribution in [3.8, 4) is 0 Å². The van der Waals surface area contributed by atoms with Gasteiger partial charge < -0.3 is 24.8 Å². The van der Waals surface area contributed by atoms with Crippen molar-refractivity contribution in [2.75, 3.05) is 0 Å². The van der Waals surface area contributed by atoms with Crippen LogP contribution in [0.2, 0.25) is 0 Å². The van der Waals surface area contributed by atoms with Crippen LogP contribution in [0, 0.1) is 17.8 Å². The summed E-state index contributed by atoms with van der Waals surface area (Å²) in [5, 5.41) is 30.0. The number of Topliss-reactive ketones (excluding diaryl/α,β-unsaturated/α-hetero) is 1. The van der Waals surface area contributed by atoms with Crippen LogP contribution in [0.15, 0.2) is 70.4 Å². The number of rotatable bonds is 17. The second kappa shape index (κ2) is 24.2. The molecule has 1 aliphatic heterocycles. The molecule has 1 heterocycles. The Morgan fingerprint density at radius 3 is 2.31 bits per heavy atom. The number of hydrogen-bond donors (Lipinski definition) is 3. The van der Waals surface area contributed by atoms with Crippen molar-refractivity contribution < 1.29 is 39.2 Å². The zero-order chi connectivity index (χ0) is 38.7. The first kappa shape index (κ1) is 46.0. The molecule has 0 aromatic carbocycles. The van der Waals surface area contributed by atoms with E-state index in [2.05, 4.69) is 26.8 Å². The van der Waals surface area contributed by atoms with Crippen LogP contribution in [0.1, 0.15) is 133 Å². The maximum absolute atomic E-state index is 12.9. The summed E-state index contributed by atoms with van der Waals surface area (Å²) in [4.78, 5) is 37.4. The van der Waals surface area contributed by atoms with Gasteiger partial charge in [0, 0.05) is 37.7 Å². The molecule has 3 N–H and O–H groups in total. The van der Waals surface area contributed by atoms with E-state index in [1.54, 1.807) is 19.9 Å². The Hall–Kier alpha value is -3.07. The number of cyclic esters (lactones) is 1. The van der Waals surface area contributed by atoms with Crippen molar-refractivity contribution in [1.29, 1.82) is 0 Å². The first-order valence-corrected chi connectivity index (χ1v) is 18.9. The highest BCUT2D eigenvalue weighted by atomic mass is 16.5. The van der Waals surface area contributed by atoms with Crippen LogP contribution in [0.3, 0.4) is 0 Å². The molecular weight excluding hydrogens is 644 g/mol. The predicted octanol–water partition coefficient (Wildman–Crippen LogP) is 8.61. The van der Waals surface area contributed by atoms with Gasteiger partial charge in [0.2, 0.25) is 0 Å². The van der Waals surface area contributed by atoms with Gasteiger partial charge in [-0.05, 0) is 91.9 Å². The number of aliphatic hydroxyl groups is 3. The highest BCUT2D eigenvalue weighted by Gasteiger charge is 2.26. The van der Waals surface area contributed by atoms with Crippen LogP contribution < -0.4 is 0 Å². The molecule has 0 aromatic heterocycles. The second-order valence-electron chi connectivity index (χ2n) is 15.1. The topological polar surface area (TPSA) is 130 Å². The third-order valence-corrected chi connectivity index (χ3v) is 9.38. The summed E-state index contributed by atoms with van der Waals surface area (Å²) in [6, 6.07) is 0. The number of carbonyl (C=O) groups is 3. The van der Waals surface area contributed by atoms with Gasteiger partial charge in [0.1, 0.15) is 18.0 Å². The summed E-state index contributed by atoms with van der Waals surface area (Å²) in [6.45, 7) is 19.5. The van der Waals surface area contributed by atoms with Crippen LogP contribution in [0.4, 0.5) is 0 Å². The average molecular weight is 713 g/mol. The third kappa shape index (κ3) is 20.5. The van der Waals surface area contributed by atoms with Gasteiger partial charge in [0.05, 0.1) is 18.3 Å². The van der Waals surface area contributed by atoms with E-state index in [0.717, 1.165) is 40.7 Å². The highest BCUT2D eigenvalue weighted by molar-refractivity contribution is 5.82. The Kier molecular flexibility index (Phi) is 21.8. The molecule has 0 radical (unpaired) electrons. The number of ether oxygens (including phenoxy) is 2. The molecule has 0 saturated carbocycles. The van der Waals surface area contributed by atoms with Gasteiger partial charge in [-0.2, -0.15) is 0 Å². The number of hydrogen-bond acceptors (Lipinski definition) is 8. The van der Waals surface area contributed by atoms with E-state index < -0.39 is 24.3 Å². The Morgan fingerprint density at radius 2 is 1.67 bits per heavy atom. The van der Waals surface area contributed by atoms with Gasteiger partial charge in [-0.15, -0.1) is 0 Å². The molecule has 0 fully saturated rings. The number of aliphatic hydroxyl groups excluding tert-OH is 3. The van der Waals surface area contributed by atoms with Crippen molar-refractivity contribution in [3.05, 3.63) is 70.4 Å². The van der Waals surface area contributed by atoms with Crippen molar-refractivity contribution in [2.24, 2.45) is 17.8 Å². The summed E-state index contributed by atoms with van der Waals surface area (Å²) in [5.74, 6) is -0.565. The molecule has 51 heavy (non-hydrogen) atoms. The zero-order valence-corrected chi connectivity index (χ0v) is 33.1. The minimum Gasteiger partial charge on any atom is -0.462 e. The molecule has 1 aliphatic rings. The van der Waals surface area contributed by atoms with Crippen LogP contribution in [0.25, 0.3) is 0 Å². The highest BCUT2D eigenvalue weighted by Crippen LogP contribution is 2.27. The Morgan fingerprint density at radius 1 is 1.00 bits per heavy atom. The minimum atomic E-state index is -0.673. The Labute approximate surface area is 308 Å². The molecule has 0 spiro atoms. The first-order chi connectivity index (χ1) is 23.9. The standard InChI is InChI=1S/C43H68O8/c1-11-37(45)27-38(46)18-15-28(2)21-31(5)22-29(3)17-20-43(49)50-40-13-12-14-42(48)51-41(19-16-30(4)23-34(40)8)35(9)25-32(6)24-33(7)39(47)26-36(10)44/h15-17,20-22,24,33-36,38-41,44,46-47H,11-14,18-19,23,25-27H2,1-10H3. The van der Waals surface area contributed by atoms with Crippen LogP contribution >= 0.6 is 0 Å². The zero-order valence-electron chi connectivity index (χ0n) is 33.1. The number of ketones is 1. The normalized spacial score (nSPS) is 23.7. The molecule has 0 saturated heterocycles. The molecule has 8 atom stereocenters. The quantitative estimate of drug-likeness (QED) is 0.0592. The smallest absolute Gasteiger partial charge is 0.331 e. The average Bonchev–Trinajstić information content (AvgIpc) is 3.02. The largest absolute Gasteiger partial charge is 0.462 e. The molecule has 8 heteroatoms. The van der Waals surface area contributed by atoms with Crippen molar-refractivity contribution in [2.45, 2.75) is 164 Å². The van der Waals surface area contributed by atoms with Gasteiger partial charge in [-0.1, -0.05) is 92.0 Å². The molecule has 1 rings (SSSR count). The molecule has 0 aromatic rings. The summed E-state index contributed by atoms with van der Waals surface area (Å²) < 4.78 is 11.9. The molecule has 0 amide bonds. The lowest BCUT2D eigenvalue weighted by Gasteiger charge is -2.27. The minimum absolute atomic E-state index is 0.0517. The molecule has 8 nitrogen and oxygen atoms in total. The lowest BCUT2D eigenvalue weighted by molar-refractivity contribution is -0.152. The molecule has 0 aliphatic carbocycles. The van der Waals surface area contributed by atoms with Crippen molar-refractivity contribution in [1.82, 2.24) is 0 Å². The molecule has 0 bridgehead atoms. The predicted molar refractivity (Wildman–Crippen MR) is 206 cm³/mol. The van der Waals surface area contributed by atoms with Crippen LogP contribution in [-0.4, -0.2) is 63.6 Å². The van der Waals surface area contributed by atoms with Gasteiger partial charge in [-0.3, -0.25) is 9.59 Å². The molecule has 288 valence electrons. The van der Waals surface area contributed by atoms with Crippen LogP contribution in [0.5, 0.6) is 0 Å². The number of esters is 2. The Balaban J connectivity index is 2.87. The van der Waals surface area contributed by atoms with E-state index in [1.807, 2.05) is 58.9 Å². The summed E-state index contributed by atoms with van der Waals surface area (Å²) in [5.41, 5.74) is 5.13. The lowest BCUT2D eigenvalue weighted by atomic mass is 9.89. The van der Waals surface area contributed by atoms with Gasteiger partial charge >= 0.3 is 11.9 Å². The van der Waals surface area contributed by atoms with Gasteiger partial charge in [-0.25, -0.2) is 4.79 Å². The fourth-order valence-electron chi connectivity index (χ4n) is 6.47.